The first-order valence-corrected chi connectivity index (χ1v) is 15.0. The summed E-state index contributed by atoms with van der Waals surface area (Å²) >= 11 is 0. The molecule has 3 aliphatic heterocycles. The summed E-state index contributed by atoms with van der Waals surface area (Å²) in [7, 11) is -4.33. The summed E-state index contributed by atoms with van der Waals surface area (Å²) < 4.78 is 52.5. The third kappa shape index (κ3) is 7.90. The second-order valence-electron chi connectivity index (χ2n) is 10.1. The summed E-state index contributed by atoms with van der Waals surface area (Å²) in [6.07, 6.45) is 1.71. The van der Waals surface area contributed by atoms with E-state index >= 15 is 4.39 Å². The maximum atomic E-state index is 15.8. The van der Waals surface area contributed by atoms with Crippen LogP contribution in [0.2, 0.25) is 0 Å². The summed E-state index contributed by atoms with van der Waals surface area (Å²) in [6, 6.07) is 8.21. The molecular formula is C27H34FN4O9P. The van der Waals surface area contributed by atoms with Crippen molar-refractivity contribution in [2.75, 3.05) is 18.5 Å². The first kappa shape index (κ1) is 31.5. The molecule has 1 aromatic carbocycles. The van der Waals surface area contributed by atoms with Crippen molar-refractivity contribution in [1.82, 2.24) is 14.6 Å². The number of nitrogens with zero attached hydrogens (tertiary/aromatic N) is 2. The molecule has 42 heavy (non-hydrogen) atoms. The number of fused-ring (bicyclic) bond motifs is 16. The summed E-state index contributed by atoms with van der Waals surface area (Å²) in [6.45, 7) is 1.93. The summed E-state index contributed by atoms with van der Waals surface area (Å²) in [5.41, 5.74) is -3.44. The minimum absolute atomic E-state index is 0.0342. The molecule has 4 heterocycles. The van der Waals surface area contributed by atoms with Crippen LogP contribution in [0.3, 0.4) is 0 Å². The lowest BCUT2D eigenvalue weighted by atomic mass is 9.98. The van der Waals surface area contributed by atoms with E-state index in [9.17, 15) is 24.1 Å². The number of hydrogen-bond acceptors (Lipinski definition) is 10. The van der Waals surface area contributed by atoms with Crippen molar-refractivity contribution in [3.63, 3.8) is 0 Å². The van der Waals surface area contributed by atoms with Gasteiger partial charge in [0.15, 0.2) is 11.9 Å². The summed E-state index contributed by atoms with van der Waals surface area (Å²) in [5, 5.41) is 15.8. The number of aliphatic hydroxyl groups is 1. The van der Waals surface area contributed by atoms with Crippen molar-refractivity contribution >= 4 is 25.4 Å². The number of ether oxygens (including phenoxy) is 2. The molecule has 4 bridgehead atoms. The fourth-order valence-corrected chi connectivity index (χ4v) is 5.85. The number of rotatable bonds is 2. The van der Waals surface area contributed by atoms with Gasteiger partial charge in [0.1, 0.15) is 29.8 Å². The number of anilines is 1. The van der Waals surface area contributed by atoms with Crippen molar-refractivity contribution in [2.45, 2.75) is 69.7 Å². The molecule has 0 aliphatic carbocycles. The van der Waals surface area contributed by atoms with Crippen molar-refractivity contribution in [1.29, 1.82) is 0 Å². The molecule has 6 atom stereocenters. The fourth-order valence-electron chi connectivity index (χ4n) is 4.35. The first-order valence-electron chi connectivity index (χ1n) is 13.5. The molecule has 1 saturated heterocycles. The van der Waals surface area contributed by atoms with Gasteiger partial charge < -0.3 is 24.4 Å². The number of hydrogen-bond donors (Lipinski definition) is 3. The molecular weight excluding hydrogens is 574 g/mol. The van der Waals surface area contributed by atoms with Crippen LogP contribution >= 0.6 is 7.75 Å². The van der Waals surface area contributed by atoms with Gasteiger partial charge in [-0.05, 0) is 51.3 Å². The molecule has 0 spiro atoms. The normalized spacial score (nSPS) is 31.7. The topological polar surface area (TPSA) is 167 Å². The highest BCUT2D eigenvalue weighted by molar-refractivity contribution is 7.52. The number of carbonyl (C=O) groups is 2. The van der Waals surface area contributed by atoms with Crippen molar-refractivity contribution in [2.24, 2.45) is 0 Å². The number of allylic oxidation sites excluding steroid dienone is 1. The SMILES string of the molecule is C[C@@H]1N[P@@](=O)(Oc2ccccc2)OCC2OC(n3ccc(nc3=O)NC(=O)CC=CCCCCOC1=O)[C@](C)(F)[C@@H]2O. The number of amides is 1. The Morgan fingerprint density at radius 2 is 1.93 bits per heavy atom. The number of halogens is 1. The minimum atomic E-state index is -4.33. The molecule has 2 aromatic rings. The van der Waals surface area contributed by atoms with E-state index in [2.05, 4.69) is 15.4 Å². The molecule has 1 amide bonds. The average Bonchev–Trinajstić information content (AvgIpc) is 3.16. The zero-order valence-electron chi connectivity index (χ0n) is 23.2. The Hall–Kier alpha value is -3.42. The molecule has 0 saturated carbocycles. The molecule has 2 unspecified atom stereocenters. The van der Waals surface area contributed by atoms with Crippen LogP contribution in [-0.4, -0.2) is 63.7 Å². The van der Waals surface area contributed by atoms with E-state index in [-0.39, 0.29) is 24.6 Å². The van der Waals surface area contributed by atoms with Gasteiger partial charge in [0, 0.05) is 12.6 Å². The van der Waals surface area contributed by atoms with Crippen LogP contribution in [0.15, 0.2) is 59.5 Å². The van der Waals surface area contributed by atoms with Crippen LogP contribution in [0.4, 0.5) is 10.2 Å². The third-order valence-corrected chi connectivity index (χ3v) is 8.27. The van der Waals surface area contributed by atoms with Crippen LogP contribution in [0.1, 0.15) is 45.8 Å². The Morgan fingerprint density at radius 1 is 1.17 bits per heavy atom. The Kier molecular flexibility index (Phi) is 10.3. The number of nitrogens with one attached hydrogen (secondary N) is 2. The highest BCUT2D eigenvalue weighted by Gasteiger charge is 2.56. The number of benzene rings is 1. The lowest BCUT2D eigenvalue weighted by molar-refractivity contribution is -0.145. The van der Waals surface area contributed by atoms with Crippen molar-refractivity contribution < 1.29 is 42.2 Å². The largest absolute Gasteiger partial charge is 0.465 e. The highest BCUT2D eigenvalue weighted by Crippen LogP contribution is 2.47. The van der Waals surface area contributed by atoms with Gasteiger partial charge in [-0.2, -0.15) is 10.1 Å². The highest BCUT2D eigenvalue weighted by atomic mass is 31.2. The van der Waals surface area contributed by atoms with Crippen LogP contribution in [-0.2, 0) is 28.2 Å². The number of carbonyl (C=O) groups excluding carboxylic acids is 2. The lowest BCUT2D eigenvalue weighted by Gasteiger charge is -2.25. The van der Waals surface area contributed by atoms with Gasteiger partial charge in [0.05, 0.1) is 13.2 Å². The van der Waals surface area contributed by atoms with Gasteiger partial charge >= 0.3 is 19.4 Å². The van der Waals surface area contributed by atoms with Crippen molar-refractivity contribution in [3.05, 3.63) is 65.2 Å². The number of alkyl halides is 1. The Bertz CT molecular complexity index is 1390. The van der Waals surface area contributed by atoms with E-state index < -0.39 is 62.1 Å². The minimum Gasteiger partial charge on any atom is -0.465 e. The predicted octanol–water partition coefficient (Wildman–Crippen LogP) is 3.02. The molecule has 228 valence electrons. The van der Waals surface area contributed by atoms with Crippen LogP contribution in [0.5, 0.6) is 5.75 Å². The van der Waals surface area contributed by atoms with Crippen LogP contribution in [0.25, 0.3) is 0 Å². The average molecular weight is 609 g/mol. The second kappa shape index (κ2) is 13.7. The second-order valence-corrected chi connectivity index (χ2v) is 11.8. The third-order valence-electron chi connectivity index (χ3n) is 6.63. The fraction of sp³-hybridized carbons (Fsp3) is 0.481. The van der Waals surface area contributed by atoms with Gasteiger partial charge in [-0.3, -0.25) is 18.7 Å². The van der Waals surface area contributed by atoms with E-state index in [1.807, 2.05) is 6.08 Å². The maximum absolute atomic E-state index is 15.8. The molecule has 15 heteroatoms. The Balaban J connectivity index is 1.60. The molecule has 3 aliphatic rings. The molecule has 13 nitrogen and oxygen atoms in total. The van der Waals surface area contributed by atoms with E-state index in [1.54, 1.807) is 24.3 Å². The van der Waals surface area contributed by atoms with Gasteiger partial charge in [0.25, 0.3) is 0 Å². The van der Waals surface area contributed by atoms with Gasteiger partial charge in [-0.15, -0.1) is 0 Å². The van der Waals surface area contributed by atoms with Crippen LogP contribution < -0.4 is 20.6 Å². The van der Waals surface area contributed by atoms with Gasteiger partial charge in [-0.1, -0.05) is 30.4 Å². The number of aliphatic hydroxyl groups excluding tert-OH is 1. The zero-order chi connectivity index (χ0) is 30.3. The number of esters is 1. The summed E-state index contributed by atoms with van der Waals surface area (Å²) in [4.78, 5) is 41.4. The monoisotopic (exact) mass is 608 g/mol. The maximum Gasteiger partial charge on any atom is 0.459 e. The van der Waals surface area contributed by atoms with E-state index in [0.29, 0.717) is 19.3 Å². The lowest BCUT2D eigenvalue weighted by Crippen LogP contribution is -2.43. The molecule has 1 aromatic heterocycles. The predicted molar refractivity (Wildman–Crippen MR) is 148 cm³/mol. The zero-order valence-corrected chi connectivity index (χ0v) is 24.1. The molecule has 0 radical (unpaired) electrons. The first-order chi connectivity index (χ1) is 20.0. The smallest absolute Gasteiger partial charge is 0.459 e. The van der Waals surface area contributed by atoms with E-state index in [4.69, 9.17) is 18.5 Å². The van der Waals surface area contributed by atoms with Crippen molar-refractivity contribution in [3.8, 4) is 5.75 Å². The van der Waals surface area contributed by atoms with Crippen LogP contribution in [0, 0.1) is 0 Å². The van der Waals surface area contributed by atoms with E-state index in [1.165, 1.54) is 31.3 Å². The quantitative estimate of drug-likeness (QED) is 0.260. The molecule has 3 N–H and O–H groups in total. The van der Waals surface area contributed by atoms with Gasteiger partial charge in [0.2, 0.25) is 5.91 Å². The number of aromatic nitrogens is 2. The molecule has 5 rings (SSSR count). The van der Waals surface area contributed by atoms with E-state index in [0.717, 1.165) is 11.5 Å². The summed E-state index contributed by atoms with van der Waals surface area (Å²) in [5.74, 6) is -0.991. The number of para-hydroxylation sites is 1. The van der Waals surface area contributed by atoms with Gasteiger partial charge in [-0.25, -0.2) is 13.8 Å². The standard InChI is InChI=1S/C27H34FN4O9P/c1-18-24(35)38-16-10-5-3-4-9-13-22(33)29-21-14-15-32(26(36)30-21)25-27(2,28)23(34)20(40-25)17-39-42(37,31-18)41-19-11-7-6-8-12-19/h4,6-9,11-12,14-15,18,20,23,25,34H,3,5,10,13,16-17H2,1-2H3,(H,31,37)(H,29,30,33,36)/t18-,20?,23+,25?,27+,42-/m0/s1. The Labute approximate surface area is 241 Å². The Morgan fingerprint density at radius 3 is 2.67 bits per heavy atom. The molecule has 1 fully saturated rings.